The second kappa shape index (κ2) is 8.62. The zero-order valence-corrected chi connectivity index (χ0v) is 17.1. The summed E-state index contributed by atoms with van der Waals surface area (Å²) in [5, 5.41) is 7.86. The van der Waals surface area contributed by atoms with Crippen LogP contribution < -0.4 is 5.32 Å². The number of carbonyl (C=O) groups excluding carboxylic acids is 1. The molecule has 1 aliphatic carbocycles. The van der Waals surface area contributed by atoms with Crippen LogP contribution in [0.3, 0.4) is 0 Å². The Hall–Kier alpha value is -2.92. The third kappa shape index (κ3) is 4.74. The minimum absolute atomic E-state index is 0.0702. The summed E-state index contributed by atoms with van der Waals surface area (Å²) in [4.78, 5) is 15.4. The van der Waals surface area contributed by atoms with Crippen molar-refractivity contribution in [3.05, 3.63) is 78.0 Å². The number of amides is 1. The molecule has 1 atom stereocenters. The van der Waals surface area contributed by atoms with Gasteiger partial charge >= 0.3 is 0 Å². The van der Waals surface area contributed by atoms with E-state index in [1.165, 1.54) is 12.8 Å². The Morgan fingerprint density at radius 3 is 2.45 bits per heavy atom. The minimum atomic E-state index is -0.0702. The van der Waals surface area contributed by atoms with E-state index in [4.69, 9.17) is 5.10 Å². The summed E-state index contributed by atoms with van der Waals surface area (Å²) in [5.74, 6) is -0.0702. The van der Waals surface area contributed by atoms with E-state index in [1.54, 1.807) is 0 Å². The highest BCUT2D eigenvalue weighted by Gasteiger charge is 2.29. The first kappa shape index (κ1) is 19.4. The van der Waals surface area contributed by atoms with E-state index < -0.39 is 0 Å². The molecule has 5 nitrogen and oxygen atoms in total. The summed E-state index contributed by atoms with van der Waals surface area (Å²) in [6.07, 6.45) is 4.39. The van der Waals surface area contributed by atoms with Gasteiger partial charge in [-0.1, -0.05) is 60.7 Å². The van der Waals surface area contributed by atoms with Gasteiger partial charge in [0.2, 0.25) is 0 Å². The van der Waals surface area contributed by atoms with Crippen LogP contribution in [0.4, 0.5) is 0 Å². The van der Waals surface area contributed by atoms with Crippen LogP contribution in [0.15, 0.2) is 66.9 Å². The molecule has 0 spiro atoms. The molecule has 0 radical (unpaired) electrons. The minimum Gasteiger partial charge on any atom is -0.350 e. The van der Waals surface area contributed by atoms with Gasteiger partial charge in [-0.2, -0.15) is 5.10 Å². The molecule has 1 amide bonds. The molecule has 0 aliphatic heterocycles. The molecule has 1 N–H and O–H groups in total. The molecule has 4 rings (SSSR count). The molecule has 2 aromatic carbocycles. The lowest BCUT2D eigenvalue weighted by Crippen LogP contribution is -2.41. The quantitative estimate of drug-likeness (QED) is 0.638. The molecule has 1 saturated carbocycles. The molecule has 1 aliphatic rings. The van der Waals surface area contributed by atoms with Gasteiger partial charge in [0.25, 0.3) is 5.91 Å². The lowest BCUT2D eigenvalue weighted by atomic mass is 10.1. The van der Waals surface area contributed by atoms with E-state index in [0.717, 1.165) is 16.8 Å². The fraction of sp³-hybridized carbons (Fsp3) is 0.333. The number of hydrogen-bond acceptors (Lipinski definition) is 3. The van der Waals surface area contributed by atoms with E-state index in [-0.39, 0.29) is 5.91 Å². The highest BCUT2D eigenvalue weighted by molar-refractivity contribution is 5.99. The van der Waals surface area contributed by atoms with E-state index in [2.05, 4.69) is 36.3 Å². The highest BCUT2D eigenvalue weighted by Crippen LogP contribution is 2.27. The maximum absolute atomic E-state index is 13.0. The van der Waals surface area contributed by atoms with Crippen molar-refractivity contribution >= 4 is 5.91 Å². The van der Waals surface area contributed by atoms with Crippen LogP contribution in [-0.4, -0.2) is 46.3 Å². The van der Waals surface area contributed by atoms with Gasteiger partial charge in [-0.25, -0.2) is 0 Å². The predicted molar refractivity (Wildman–Crippen MR) is 116 cm³/mol. The molecule has 3 aromatic rings. The van der Waals surface area contributed by atoms with Crippen molar-refractivity contribution in [2.75, 3.05) is 13.6 Å². The Kier molecular flexibility index (Phi) is 5.76. The van der Waals surface area contributed by atoms with Gasteiger partial charge in [0.1, 0.15) is 5.69 Å². The number of nitrogens with zero attached hydrogens (tertiary/aromatic N) is 3. The van der Waals surface area contributed by atoms with Crippen molar-refractivity contribution in [2.24, 2.45) is 0 Å². The van der Waals surface area contributed by atoms with Crippen LogP contribution >= 0.6 is 0 Å². The Morgan fingerprint density at radius 1 is 1.14 bits per heavy atom. The van der Waals surface area contributed by atoms with Crippen LogP contribution in [0.5, 0.6) is 0 Å². The summed E-state index contributed by atoms with van der Waals surface area (Å²) < 4.78 is 1.85. The van der Waals surface area contributed by atoms with Gasteiger partial charge in [0.05, 0.1) is 12.1 Å². The maximum Gasteiger partial charge on any atom is 0.255 e. The number of hydrogen-bond donors (Lipinski definition) is 1. The normalized spacial score (nSPS) is 14.7. The summed E-state index contributed by atoms with van der Waals surface area (Å²) in [5.41, 5.74) is 3.45. The first-order chi connectivity index (χ1) is 14.1. The zero-order chi connectivity index (χ0) is 20.2. The third-order valence-electron chi connectivity index (χ3n) is 5.62. The summed E-state index contributed by atoms with van der Waals surface area (Å²) in [6.45, 7) is 3.42. The summed E-state index contributed by atoms with van der Waals surface area (Å²) >= 11 is 0. The number of aromatic nitrogens is 2. The van der Waals surface area contributed by atoms with Gasteiger partial charge in [0.15, 0.2) is 0 Å². The fourth-order valence-corrected chi connectivity index (χ4v) is 3.57. The Balaban J connectivity index is 1.54. The van der Waals surface area contributed by atoms with Gasteiger partial charge in [0, 0.05) is 30.4 Å². The van der Waals surface area contributed by atoms with Crippen molar-refractivity contribution in [1.29, 1.82) is 0 Å². The summed E-state index contributed by atoms with van der Waals surface area (Å²) in [6, 6.07) is 21.1. The topological polar surface area (TPSA) is 50.2 Å². The molecule has 1 fully saturated rings. The Labute approximate surface area is 172 Å². The maximum atomic E-state index is 13.0. The molecule has 5 heteroatoms. The number of benzene rings is 2. The van der Waals surface area contributed by atoms with Crippen LogP contribution in [-0.2, 0) is 6.54 Å². The predicted octanol–water partition coefficient (Wildman–Crippen LogP) is 3.81. The van der Waals surface area contributed by atoms with E-state index in [1.807, 2.05) is 59.4 Å². The average molecular weight is 389 g/mol. The second-order valence-electron chi connectivity index (χ2n) is 7.90. The van der Waals surface area contributed by atoms with Gasteiger partial charge in [-0.15, -0.1) is 0 Å². The fourth-order valence-electron chi connectivity index (χ4n) is 3.57. The molecular weight excluding hydrogens is 360 g/mol. The number of likely N-dealkylation sites (N-methyl/N-ethyl adjacent to an activating group) is 1. The van der Waals surface area contributed by atoms with E-state index in [9.17, 15) is 4.79 Å². The standard InChI is InChI=1S/C24H28N4O/c1-18(27(2)21-13-14-21)15-25-24(29)22-17-28(16-19-9-5-3-6-10-19)26-23(22)20-11-7-4-8-12-20/h3-12,17-18,21H,13-16H2,1-2H3,(H,25,29). The lowest BCUT2D eigenvalue weighted by Gasteiger charge is -2.24. The van der Waals surface area contributed by atoms with E-state index in [0.29, 0.717) is 30.7 Å². The van der Waals surface area contributed by atoms with Gasteiger partial charge < -0.3 is 5.32 Å². The lowest BCUT2D eigenvalue weighted by molar-refractivity contribution is 0.0940. The molecule has 1 heterocycles. The molecular formula is C24H28N4O. The first-order valence-corrected chi connectivity index (χ1v) is 10.3. The summed E-state index contributed by atoms with van der Waals surface area (Å²) in [7, 11) is 2.14. The van der Waals surface area contributed by atoms with Crippen LogP contribution in [0.25, 0.3) is 11.3 Å². The largest absolute Gasteiger partial charge is 0.350 e. The molecule has 0 bridgehead atoms. The zero-order valence-electron chi connectivity index (χ0n) is 17.1. The van der Waals surface area contributed by atoms with Crippen LogP contribution in [0, 0.1) is 0 Å². The SMILES string of the molecule is CC(CNC(=O)c1cn(Cc2ccccc2)nc1-c1ccccc1)N(C)C1CC1. The van der Waals surface area contributed by atoms with Crippen LogP contribution in [0.1, 0.15) is 35.7 Å². The number of nitrogens with one attached hydrogen (secondary N) is 1. The van der Waals surface area contributed by atoms with Crippen molar-refractivity contribution in [3.8, 4) is 11.3 Å². The van der Waals surface area contributed by atoms with E-state index >= 15 is 0 Å². The molecule has 1 aromatic heterocycles. The smallest absolute Gasteiger partial charge is 0.255 e. The second-order valence-corrected chi connectivity index (χ2v) is 7.90. The van der Waals surface area contributed by atoms with Gasteiger partial charge in [-0.05, 0) is 32.4 Å². The van der Waals surface area contributed by atoms with Crippen LogP contribution in [0.2, 0.25) is 0 Å². The monoisotopic (exact) mass is 388 g/mol. The van der Waals surface area contributed by atoms with Crippen molar-refractivity contribution in [2.45, 2.75) is 38.4 Å². The molecule has 1 unspecified atom stereocenters. The first-order valence-electron chi connectivity index (χ1n) is 10.3. The molecule has 29 heavy (non-hydrogen) atoms. The van der Waals surface area contributed by atoms with Crippen molar-refractivity contribution < 1.29 is 4.79 Å². The average Bonchev–Trinajstić information content (AvgIpc) is 3.52. The third-order valence-corrected chi connectivity index (χ3v) is 5.62. The highest BCUT2D eigenvalue weighted by atomic mass is 16.1. The molecule has 0 saturated heterocycles. The number of carbonyl (C=O) groups is 1. The molecule has 150 valence electrons. The van der Waals surface area contributed by atoms with Crippen molar-refractivity contribution in [1.82, 2.24) is 20.0 Å². The van der Waals surface area contributed by atoms with Gasteiger partial charge in [-0.3, -0.25) is 14.4 Å². The number of rotatable bonds is 8. The Bertz CT molecular complexity index is 948. The van der Waals surface area contributed by atoms with Crippen molar-refractivity contribution in [3.63, 3.8) is 0 Å². The Morgan fingerprint density at radius 2 is 1.79 bits per heavy atom.